The average molecular weight is 437 g/mol. The second-order valence-corrected chi connectivity index (χ2v) is 7.58. The van der Waals surface area contributed by atoms with Crippen LogP contribution in [0.1, 0.15) is 34.8 Å². The molecule has 8 nitrogen and oxygen atoms in total. The first-order valence-corrected chi connectivity index (χ1v) is 10.2. The summed E-state index contributed by atoms with van der Waals surface area (Å²) in [5.74, 6) is 0.293. The van der Waals surface area contributed by atoms with Gasteiger partial charge in [-0.2, -0.15) is 0 Å². The first-order valence-electron chi connectivity index (χ1n) is 10.2. The number of carbonyl (C=O) groups excluding carboxylic acids is 1. The minimum atomic E-state index is -0.741. The third-order valence-electron chi connectivity index (χ3n) is 5.30. The second kappa shape index (κ2) is 9.05. The molecule has 3 N–H and O–H groups in total. The molecule has 3 aromatic rings. The van der Waals surface area contributed by atoms with Crippen LogP contribution in [-0.2, 0) is 11.2 Å². The number of hydrogen-bond donors (Lipinski definition) is 3. The Morgan fingerprint density at radius 3 is 2.56 bits per heavy atom. The SMILES string of the molecule is Cc1cc(O)c([C@@H](CC(=O)NCCc2ccc(O)cc2)c2ccc3c(c2)OCO3)c(=O)o1. The molecule has 0 unspecified atom stereocenters. The van der Waals surface area contributed by atoms with Crippen LogP contribution in [0, 0.1) is 6.92 Å². The van der Waals surface area contributed by atoms with Gasteiger partial charge in [0.1, 0.15) is 17.3 Å². The molecule has 0 bridgehead atoms. The maximum atomic E-state index is 12.7. The normalized spacial score (nSPS) is 13.0. The molecule has 0 fully saturated rings. The van der Waals surface area contributed by atoms with Gasteiger partial charge in [0.05, 0.1) is 5.56 Å². The van der Waals surface area contributed by atoms with Crippen molar-refractivity contribution in [2.45, 2.75) is 25.7 Å². The molecule has 0 aliphatic carbocycles. The fourth-order valence-electron chi connectivity index (χ4n) is 3.71. The zero-order valence-electron chi connectivity index (χ0n) is 17.5. The van der Waals surface area contributed by atoms with Crippen molar-refractivity contribution in [3.05, 3.63) is 81.4 Å². The quantitative estimate of drug-likeness (QED) is 0.520. The molecule has 1 atom stereocenters. The van der Waals surface area contributed by atoms with E-state index in [1.807, 2.05) is 0 Å². The number of phenolic OH excluding ortho intramolecular Hbond substituents is 1. The summed E-state index contributed by atoms with van der Waals surface area (Å²) in [5.41, 5.74) is 0.909. The third kappa shape index (κ3) is 4.69. The number of aromatic hydroxyl groups is 2. The Kier molecular flexibility index (Phi) is 6.02. The molecular weight excluding hydrogens is 414 g/mol. The third-order valence-corrected chi connectivity index (χ3v) is 5.30. The number of phenols is 1. The molecule has 2 heterocycles. The van der Waals surface area contributed by atoms with Crippen molar-refractivity contribution in [3.63, 3.8) is 0 Å². The minimum Gasteiger partial charge on any atom is -0.508 e. The van der Waals surface area contributed by atoms with Crippen molar-refractivity contribution >= 4 is 5.91 Å². The Bertz CT molecular complexity index is 1180. The zero-order valence-corrected chi connectivity index (χ0v) is 17.5. The Hall–Kier alpha value is -3.94. The van der Waals surface area contributed by atoms with E-state index in [1.54, 1.807) is 49.4 Å². The highest BCUT2D eigenvalue weighted by atomic mass is 16.7. The van der Waals surface area contributed by atoms with Gasteiger partial charge in [0.25, 0.3) is 0 Å². The van der Waals surface area contributed by atoms with E-state index >= 15 is 0 Å². The van der Waals surface area contributed by atoms with Gasteiger partial charge >= 0.3 is 5.63 Å². The topological polar surface area (TPSA) is 118 Å². The van der Waals surface area contributed by atoms with Crippen molar-refractivity contribution < 1.29 is 28.9 Å². The van der Waals surface area contributed by atoms with Gasteiger partial charge in [-0.1, -0.05) is 18.2 Å². The maximum Gasteiger partial charge on any atom is 0.343 e. The van der Waals surface area contributed by atoms with Crippen LogP contribution in [0.15, 0.2) is 57.7 Å². The molecule has 1 amide bonds. The first-order chi connectivity index (χ1) is 15.4. The van der Waals surface area contributed by atoms with E-state index in [0.29, 0.717) is 30.0 Å². The van der Waals surface area contributed by atoms with Crippen molar-refractivity contribution in [3.8, 4) is 23.0 Å². The van der Waals surface area contributed by atoms with E-state index in [0.717, 1.165) is 5.56 Å². The fraction of sp³-hybridized carbons (Fsp3) is 0.250. The highest BCUT2D eigenvalue weighted by molar-refractivity contribution is 5.77. The summed E-state index contributed by atoms with van der Waals surface area (Å²) in [6, 6.07) is 13.3. The lowest BCUT2D eigenvalue weighted by molar-refractivity contribution is -0.121. The predicted molar refractivity (Wildman–Crippen MR) is 115 cm³/mol. The van der Waals surface area contributed by atoms with Crippen LogP contribution < -0.4 is 20.4 Å². The molecule has 4 rings (SSSR count). The highest BCUT2D eigenvalue weighted by Gasteiger charge is 2.27. The summed E-state index contributed by atoms with van der Waals surface area (Å²) in [5, 5.41) is 22.7. The lowest BCUT2D eigenvalue weighted by Gasteiger charge is -2.18. The summed E-state index contributed by atoms with van der Waals surface area (Å²) in [6.07, 6.45) is 0.509. The number of amides is 1. The Balaban J connectivity index is 1.55. The summed E-state index contributed by atoms with van der Waals surface area (Å²) < 4.78 is 16.0. The highest BCUT2D eigenvalue weighted by Crippen LogP contribution is 2.38. The van der Waals surface area contributed by atoms with Crippen LogP contribution >= 0.6 is 0 Å². The largest absolute Gasteiger partial charge is 0.508 e. The molecule has 0 spiro atoms. The van der Waals surface area contributed by atoms with Crippen LogP contribution in [0.25, 0.3) is 0 Å². The van der Waals surface area contributed by atoms with Crippen LogP contribution in [0.5, 0.6) is 23.0 Å². The van der Waals surface area contributed by atoms with Gasteiger partial charge in [0.2, 0.25) is 12.7 Å². The van der Waals surface area contributed by atoms with Crippen molar-refractivity contribution in [2.75, 3.05) is 13.3 Å². The molecule has 1 aliphatic rings. The van der Waals surface area contributed by atoms with Crippen molar-refractivity contribution in [1.82, 2.24) is 5.32 Å². The van der Waals surface area contributed by atoms with E-state index in [-0.39, 0.29) is 41.9 Å². The number of rotatable bonds is 7. The number of hydrogen-bond acceptors (Lipinski definition) is 7. The zero-order chi connectivity index (χ0) is 22.7. The lowest BCUT2D eigenvalue weighted by Crippen LogP contribution is -2.28. The van der Waals surface area contributed by atoms with E-state index in [1.165, 1.54) is 6.07 Å². The van der Waals surface area contributed by atoms with E-state index < -0.39 is 11.5 Å². The van der Waals surface area contributed by atoms with Gasteiger partial charge in [-0.3, -0.25) is 4.79 Å². The summed E-state index contributed by atoms with van der Waals surface area (Å²) in [4.78, 5) is 25.3. The summed E-state index contributed by atoms with van der Waals surface area (Å²) >= 11 is 0. The van der Waals surface area contributed by atoms with Crippen molar-refractivity contribution in [2.24, 2.45) is 0 Å². The molecule has 0 saturated heterocycles. The minimum absolute atomic E-state index is 0.0168. The van der Waals surface area contributed by atoms with Gasteiger partial charge in [-0.05, 0) is 48.7 Å². The Labute approximate surface area is 184 Å². The molecule has 0 radical (unpaired) electrons. The van der Waals surface area contributed by atoms with E-state index in [9.17, 15) is 19.8 Å². The smallest absolute Gasteiger partial charge is 0.343 e. The molecule has 32 heavy (non-hydrogen) atoms. The van der Waals surface area contributed by atoms with E-state index in [2.05, 4.69) is 5.32 Å². The Morgan fingerprint density at radius 2 is 1.81 bits per heavy atom. The maximum absolute atomic E-state index is 12.7. The van der Waals surface area contributed by atoms with Gasteiger partial charge in [0.15, 0.2) is 11.5 Å². The Morgan fingerprint density at radius 1 is 1.06 bits per heavy atom. The number of ether oxygens (including phenoxy) is 2. The summed E-state index contributed by atoms with van der Waals surface area (Å²) in [6.45, 7) is 2.04. The summed E-state index contributed by atoms with van der Waals surface area (Å²) in [7, 11) is 0. The lowest BCUT2D eigenvalue weighted by atomic mass is 9.88. The number of benzene rings is 2. The van der Waals surface area contributed by atoms with Crippen LogP contribution in [0.2, 0.25) is 0 Å². The average Bonchev–Trinajstić information content (AvgIpc) is 3.21. The molecule has 8 heteroatoms. The van der Waals surface area contributed by atoms with Gasteiger partial charge < -0.3 is 29.4 Å². The number of fused-ring (bicyclic) bond motifs is 1. The van der Waals surface area contributed by atoms with Crippen LogP contribution in [0.4, 0.5) is 0 Å². The molecule has 1 aliphatic heterocycles. The second-order valence-electron chi connectivity index (χ2n) is 7.58. The number of nitrogens with one attached hydrogen (secondary N) is 1. The van der Waals surface area contributed by atoms with Crippen LogP contribution in [0.3, 0.4) is 0 Å². The van der Waals surface area contributed by atoms with Crippen LogP contribution in [-0.4, -0.2) is 29.5 Å². The molecule has 1 aromatic heterocycles. The van der Waals surface area contributed by atoms with Gasteiger partial charge in [-0.25, -0.2) is 4.79 Å². The molecule has 166 valence electrons. The number of carbonyl (C=O) groups is 1. The number of aryl methyl sites for hydroxylation is 1. The van der Waals surface area contributed by atoms with Crippen molar-refractivity contribution in [1.29, 1.82) is 0 Å². The first kappa shape index (κ1) is 21.3. The standard InChI is InChI=1S/C24H23NO7/c1-14-10-19(27)23(24(29)32-14)18(16-4-7-20-21(11-16)31-13-30-20)12-22(28)25-9-8-15-2-5-17(26)6-3-15/h2-7,10-11,18,26-27H,8-9,12-13H2,1H3,(H,25,28)/t18-/m0/s1. The molecule has 2 aromatic carbocycles. The fourth-order valence-corrected chi connectivity index (χ4v) is 3.71. The van der Waals surface area contributed by atoms with Gasteiger partial charge in [-0.15, -0.1) is 0 Å². The van der Waals surface area contributed by atoms with Gasteiger partial charge in [0, 0.05) is 24.9 Å². The molecule has 0 saturated carbocycles. The monoisotopic (exact) mass is 437 g/mol. The van der Waals surface area contributed by atoms with E-state index in [4.69, 9.17) is 13.9 Å². The predicted octanol–water partition coefficient (Wildman–Crippen LogP) is 2.97. The molecular formula is C24H23NO7.